The van der Waals surface area contributed by atoms with Gasteiger partial charge in [-0.05, 0) is 13.0 Å². The van der Waals surface area contributed by atoms with E-state index in [1.807, 2.05) is 6.92 Å². The van der Waals surface area contributed by atoms with Crippen LogP contribution in [0.3, 0.4) is 0 Å². The highest BCUT2D eigenvalue weighted by atomic mass is 32.2. The zero-order valence-electron chi connectivity index (χ0n) is 4.81. The summed E-state index contributed by atoms with van der Waals surface area (Å²) >= 11 is 1.69. The van der Waals surface area contributed by atoms with Crippen LogP contribution in [-0.4, -0.2) is 17.3 Å². The third-order valence-electron chi connectivity index (χ3n) is 0.981. The zero-order chi connectivity index (χ0) is 5.98. The third-order valence-corrected chi connectivity index (χ3v) is 2.13. The van der Waals surface area contributed by atoms with Gasteiger partial charge in [-0.3, -0.25) is 4.79 Å². The largest absolute Gasteiger partial charge is 0.294 e. The van der Waals surface area contributed by atoms with Crippen LogP contribution >= 0.6 is 11.8 Å². The first kappa shape index (κ1) is 5.89. The molecule has 0 saturated heterocycles. The van der Waals surface area contributed by atoms with Crippen molar-refractivity contribution in [3.05, 3.63) is 11.6 Å². The lowest BCUT2D eigenvalue weighted by molar-refractivity contribution is -0.112. The van der Waals surface area contributed by atoms with Crippen LogP contribution in [0, 0.1) is 0 Å². The molecule has 0 N–H and O–H groups in total. The van der Waals surface area contributed by atoms with E-state index in [4.69, 9.17) is 0 Å². The number of thioether (sulfide) groups is 1. The number of ketones is 1. The van der Waals surface area contributed by atoms with Gasteiger partial charge in [-0.1, -0.05) is 5.57 Å². The first-order valence-electron chi connectivity index (χ1n) is 2.57. The minimum atomic E-state index is 0.263. The second-order valence-corrected chi connectivity index (χ2v) is 2.94. The summed E-state index contributed by atoms with van der Waals surface area (Å²) < 4.78 is 0. The number of carbonyl (C=O) groups excluding carboxylic acids is 1. The maximum Gasteiger partial charge on any atom is 0.165 e. The Bertz CT molecular complexity index is 137. The van der Waals surface area contributed by atoms with E-state index in [9.17, 15) is 4.79 Å². The van der Waals surface area contributed by atoms with Gasteiger partial charge in [0, 0.05) is 5.75 Å². The summed E-state index contributed by atoms with van der Waals surface area (Å²) in [6.07, 6.45) is 1.73. The molecule has 0 radical (unpaired) electrons. The number of allylic oxidation sites excluding steroid dienone is 1. The van der Waals surface area contributed by atoms with E-state index in [0.29, 0.717) is 5.75 Å². The smallest absolute Gasteiger partial charge is 0.165 e. The van der Waals surface area contributed by atoms with E-state index >= 15 is 0 Å². The molecule has 0 aromatic carbocycles. The standard InChI is InChI=1S/C6H8OS/c1-5-2-6(7)4-8-3-5/h2H,3-4H2,1H3. The summed E-state index contributed by atoms with van der Waals surface area (Å²) in [6, 6.07) is 0. The van der Waals surface area contributed by atoms with Crippen LogP contribution in [0.2, 0.25) is 0 Å². The molecule has 44 valence electrons. The summed E-state index contributed by atoms with van der Waals surface area (Å²) in [5, 5.41) is 0. The Kier molecular flexibility index (Phi) is 1.73. The number of rotatable bonds is 0. The van der Waals surface area contributed by atoms with Gasteiger partial charge in [0.2, 0.25) is 0 Å². The SMILES string of the molecule is CC1=CC(=O)CSC1. The molecule has 1 rings (SSSR count). The predicted molar refractivity (Wildman–Crippen MR) is 36.1 cm³/mol. The molecule has 0 atom stereocenters. The summed E-state index contributed by atoms with van der Waals surface area (Å²) in [5.41, 5.74) is 1.20. The van der Waals surface area contributed by atoms with Crippen molar-refractivity contribution in [1.29, 1.82) is 0 Å². The molecule has 0 amide bonds. The lowest BCUT2D eigenvalue weighted by Crippen LogP contribution is -2.04. The fourth-order valence-corrected chi connectivity index (χ4v) is 1.46. The molecule has 1 nitrogen and oxygen atoms in total. The molecule has 2 heteroatoms. The average molecular weight is 128 g/mol. The summed E-state index contributed by atoms with van der Waals surface area (Å²) in [4.78, 5) is 10.6. The molecule has 0 aromatic heterocycles. The third kappa shape index (κ3) is 1.37. The molecule has 0 bridgehead atoms. The van der Waals surface area contributed by atoms with Crippen molar-refractivity contribution >= 4 is 17.5 Å². The summed E-state index contributed by atoms with van der Waals surface area (Å²) in [6.45, 7) is 1.99. The molecular formula is C6H8OS. The Morgan fingerprint density at radius 1 is 1.62 bits per heavy atom. The lowest BCUT2D eigenvalue weighted by Gasteiger charge is -2.04. The minimum absolute atomic E-state index is 0.263. The van der Waals surface area contributed by atoms with Gasteiger partial charge < -0.3 is 0 Å². The van der Waals surface area contributed by atoms with Crippen molar-refractivity contribution in [1.82, 2.24) is 0 Å². The average Bonchev–Trinajstić information content (AvgIpc) is 1.64. The highest BCUT2D eigenvalue weighted by Crippen LogP contribution is 2.12. The Morgan fingerprint density at radius 2 is 2.38 bits per heavy atom. The van der Waals surface area contributed by atoms with Crippen LogP contribution in [0.5, 0.6) is 0 Å². The molecule has 0 fully saturated rings. The molecule has 0 unspecified atom stereocenters. The number of hydrogen-bond donors (Lipinski definition) is 0. The highest BCUT2D eigenvalue weighted by molar-refractivity contribution is 8.00. The lowest BCUT2D eigenvalue weighted by atomic mass is 10.2. The summed E-state index contributed by atoms with van der Waals surface area (Å²) in [5.74, 6) is 1.97. The molecular weight excluding hydrogens is 120 g/mol. The fraction of sp³-hybridized carbons (Fsp3) is 0.500. The van der Waals surface area contributed by atoms with Crippen molar-refractivity contribution in [3.8, 4) is 0 Å². The quantitative estimate of drug-likeness (QED) is 0.488. The minimum Gasteiger partial charge on any atom is -0.294 e. The van der Waals surface area contributed by atoms with E-state index < -0.39 is 0 Å². The molecule has 8 heavy (non-hydrogen) atoms. The van der Waals surface area contributed by atoms with Gasteiger partial charge in [0.05, 0.1) is 5.75 Å². The van der Waals surface area contributed by atoms with E-state index in [2.05, 4.69) is 0 Å². The van der Waals surface area contributed by atoms with E-state index in [-0.39, 0.29) is 5.78 Å². The van der Waals surface area contributed by atoms with Crippen LogP contribution in [-0.2, 0) is 4.79 Å². The Balaban J connectivity index is 2.64. The van der Waals surface area contributed by atoms with Crippen molar-refractivity contribution in [2.24, 2.45) is 0 Å². The zero-order valence-corrected chi connectivity index (χ0v) is 5.62. The second-order valence-electron chi connectivity index (χ2n) is 1.95. The van der Waals surface area contributed by atoms with Gasteiger partial charge in [0.1, 0.15) is 0 Å². The van der Waals surface area contributed by atoms with E-state index in [1.165, 1.54) is 5.57 Å². The maximum atomic E-state index is 10.6. The normalized spacial score (nSPS) is 20.6. The Labute approximate surface area is 53.2 Å². The first-order chi connectivity index (χ1) is 3.79. The van der Waals surface area contributed by atoms with Crippen LogP contribution in [0.1, 0.15) is 6.92 Å². The van der Waals surface area contributed by atoms with Gasteiger partial charge >= 0.3 is 0 Å². The molecule has 1 heterocycles. The second kappa shape index (κ2) is 2.35. The van der Waals surface area contributed by atoms with E-state index in [0.717, 1.165) is 5.75 Å². The van der Waals surface area contributed by atoms with Crippen molar-refractivity contribution in [2.75, 3.05) is 11.5 Å². The van der Waals surface area contributed by atoms with Gasteiger partial charge in [-0.25, -0.2) is 0 Å². The predicted octanol–water partition coefficient (Wildman–Crippen LogP) is 1.25. The summed E-state index contributed by atoms with van der Waals surface area (Å²) in [7, 11) is 0. The van der Waals surface area contributed by atoms with Crippen LogP contribution < -0.4 is 0 Å². The van der Waals surface area contributed by atoms with E-state index in [1.54, 1.807) is 17.8 Å². The maximum absolute atomic E-state index is 10.6. The van der Waals surface area contributed by atoms with Crippen LogP contribution in [0.15, 0.2) is 11.6 Å². The Hall–Kier alpha value is -0.240. The molecule has 1 aliphatic heterocycles. The Morgan fingerprint density at radius 3 is 2.75 bits per heavy atom. The van der Waals surface area contributed by atoms with Crippen molar-refractivity contribution in [3.63, 3.8) is 0 Å². The number of carbonyl (C=O) groups is 1. The van der Waals surface area contributed by atoms with Gasteiger partial charge in [-0.2, -0.15) is 0 Å². The van der Waals surface area contributed by atoms with Crippen molar-refractivity contribution < 1.29 is 4.79 Å². The molecule has 0 spiro atoms. The molecule has 0 aliphatic carbocycles. The van der Waals surface area contributed by atoms with Gasteiger partial charge in [-0.15, -0.1) is 11.8 Å². The monoisotopic (exact) mass is 128 g/mol. The van der Waals surface area contributed by atoms with Gasteiger partial charge in [0.25, 0.3) is 0 Å². The fourth-order valence-electron chi connectivity index (χ4n) is 0.671. The topological polar surface area (TPSA) is 17.1 Å². The number of hydrogen-bond acceptors (Lipinski definition) is 2. The van der Waals surface area contributed by atoms with Gasteiger partial charge in [0.15, 0.2) is 5.78 Å². The molecule has 0 aromatic rings. The highest BCUT2D eigenvalue weighted by Gasteiger charge is 2.04. The molecule has 1 aliphatic rings. The van der Waals surface area contributed by atoms with Crippen molar-refractivity contribution in [2.45, 2.75) is 6.92 Å². The van der Waals surface area contributed by atoms with Crippen LogP contribution in [0.25, 0.3) is 0 Å². The van der Waals surface area contributed by atoms with Crippen LogP contribution in [0.4, 0.5) is 0 Å². The molecule has 0 saturated carbocycles. The first-order valence-corrected chi connectivity index (χ1v) is 3.72.